The highest BCUT2D eigenvalue weighted by atomic mass is 16.5. The van der Waals surface area contributed by atoms with Crippen LogP contribution in [0.5, 0.6) is 11.5 Å². The summed E-state index contributed by atoms with van der Waals surface area (Å²) in [6.07, 6.45) is 0.148. The van der Waals surface area contributed by atoms with Crippen molar-refractivity contribution in [1.82, 2.24) is 5.32 Å². The molecule has 27 heavy (non-hydrogen) atoms. The first-order valence-electron chi connectivity index (χ1n) is 9.09. The van der Waals surface area contributed by atoms with E-state index in [1.807, 2.05) is 69.3 Å². The van der Waals surface area contributed by atoms with E-state index in [0.29, 0.717) is 6.61 Å². The van der Waals surface area contributed by atoms with Crippen LogP contribution in [0.2, 0.25) is 0 Å². The Balaban J connectivity index is 1.66. The topological polar surface area (TPSA) is 60.7 Å². The molecule has 3 rings (SSSR count). The van der Waals surface area contributed by atoms with E-state index in [2.05, 4.69) is 5.32 Å². The Kier molecular flexibility index (Phi) is 5.69. The van der Waals surface area contributed by atoms with Gasteiger partial charge in [-0.3, -0.25) is 4.79 Å². The summed E-state index contributed by atoms with van der Waals surface area (Å²) in [5.41, 5.74) is 1.79. The van der Waals surface area contributed by atoms with Gasteiger partial charge in [-0.25, -0.2) is 0 Å². The molecule has 5 nitrogen and oxygen atoms in total. The Morgan fingerprint density at radius 1 is 1.04 bits per heavy atom. The molecular formula is C22H25NO4. The number of furan rings is 1. The molecule has 0 saturated heterocycles. The van der Waals surface area contributed by atoms with Crippen LogP contribution in [0.3, 0.4) is 0 Å². The Bertz CT molecular complexity index is 912. The molecule has 0 aliphatic rings. The van der Waals surface area contributed by atoms with Crippen LogP contribution in [0.15, 0.2) is 52.9 Å². The van der Waals surface area contributed by atoms with Crippen LogP contribution >= 0.6 is 0 Å². The van der Waals surface area contributed by atoms with Crippen molar-refractivity contribution in [3.63, 3.8) is 0 Å². The van der Waals surface area contributed by atoms with Gasteiger partial charge >= 0.3 is 0 Å². The number of amides is 1. The summed E-state index contributed by atoms with van der Waals surface area (Å²) >= 11 is 0. The highest BCUT2D eigenvalue weighted by molar-refractivity contribution is 5.79. The summed E-state index contributed by atoms with van der Waals surface area (Å²) < 4.78 is 17.4. The molecule has 2 aromatic carbocycles. The fourth-order valence-corrected chi connectivity index (χ4v) is 2.83. The maximum Gasteiger partial charge on any atom is 0.217 e. The van der Waals surface area contributed by atoms with Crippen LogP contribution in [-0.4, -0.2) is 12.0 Å². The number of rotatable bonds is 7. The molecule has 1 N–H and O–H groups in total. The Morgan fingerprint density at radius 2 is 1.74 bits per heavy atom. The van der Waals surface area contributed by atoms with Crippen LogP contribution in [0, 0.1) is 0 Å². The van der Waals surface area contributed by atoms with Crippen molar-refractivity contribution in [2.75, 3.05) is 0 Å². The fourth-order valence-electron chi connectivity index (χ4n) is 2.83. The maximum atomic E-state index is 11.2. The van der Waals surface area contributed by atoms with E-state index in [1.54, 1.807) is 0 Å². The molecule has 1 atom stereocenters. The molecule has 1 heterocycles. The highest BCUT2D eigenvalue weighted by Crippen LogP contribution is 2.26. The van der Waals surface area contributed by atoms with Crippen LogP contribution in [0.1, 0.15) is 45.1 Å². The average Bonchev–Trinajstić information content (AvgIpc) is 3.03. The van der Waals surface area contributed by atoms with Crippen molar-refractivity contribution < 1.29 is 18.7 Å². The summed E-state index contributed by atoms with van der Waals surface area (Å²) in [4.78, 5) is 11.2. The van der Waals surface area contributed by atoms with Crippen molar-refractivity contribution in [2.45, 2.75) is 46.4 Å². The lowest BCUT2D eigenvalue weighted by Crippen LogP contribution is -2.23. The largest absolute Gasteiger partial charge is 0.491 e. The minimum Gasteiger partial charge on any atom is -0.491 e. The van der Waals surface area contributed by atoms with Crippen molar-refractivity contribution in [3.8, 4) is 11.5 Å². The molecule has 1 amide bonds. The molecule has 0 radical (unpaired) electrons. The molecule has 1 unspecified atom stereocenters. The molecule has 3 aromatic rings. The second-order valence-electron chi connectivity index (χ2n) is 6.87. The van der Waals surface area contributed by atoms with Gasteiger partial charge in [0.1, 0.15) is 29.4 Å². The second kappa shape index (κ2) is 8.16. The number of ether oxygens (including phenoxy) is 2. The maximum absolute atomic E-state index is 11.2. The minimum absolute atomic E-state index is 0.0816. The van der Waals surface area contributed by atoms with E-state index in [4.69, 9.17) is 13.9 Å². The Hall–Kier alpha value is -2.95. The van der Waals surface area contributed by atoms with Gasteiger partial charge in [-0.05, 0) is 62.7 Å². The van der Waals surface area contributed by atoms with Crippen molar-refractivity contribution in [1.29, 1.82) is 0 Å². The SMILES string of the molecule is CC(=O)NC(C)c1cc2ccc(COc3ccc(OC(C)C)cc3)cc2o1. The highest BCUT2D eigenvalue weighted by Gasteiger charge is 2.12. The predicted octanol–water partition coefficient (Wildman–Crippen LogP) is 5.00. The second-order valence-corrected chi connectivity index (χ2v) is 6.87. The molecular weight excluding hydrogens is 342 g/mol. The lowest BCUT2D eigenvalue weighted by atomic mass is 10.1. The van der Waals surface area contributed by atoms with Crippen LogP contribution in [0.25, 0.3) is 11.0 Å². The van der Waals surface area contributed by atoms with Gasteiger partial charge in [0.05, 0.1) is 12.1 Å². The quantitative estimate of drug-likeness (QED) is 0.639. The third-order valence-corrected chi connectivity index (χ3v) is 4.05. The monoisotopic (exact) mass is 367 g/mol. The van der Waals surface area contributed by atoms with E-state index in [0.717, 1.165) is 33.8 Å². The van der Waals surface area contributed by atoms with E-state index in [9.17, 15) is 4.79 Å². The molecule has 0 saturated carbocycles. The van der Waals surface area contributed by atoms with Crippen molar-refractivity contribution in [3.05, 3.63) is 59.9 Å². The summed E-state index contributed by atoms with van der Waals surface area (Å²) in [5.74, 6) is 2.27. The fraction of sp³-hybridized carbons (Fsp3) is 0.318. The molecule has 142 valence electrons. The average molecular weight is 367 g/mol. The normalized spacial score (nSPS) is 12.2. The zero-order valence-corrected chi connectivity index (χ0v) is 16.1. The summed E-state index contributed by atoms with van der Waals surface area (Å²) in [6.45, 7) is 7.83. The van der Waals surface area contributed by atoms with Crippen LogP contribution in [-0.2, 0) is 11.4 Å². The predicted molar refractivity (Wildman–Crippen MR) is 105 cm³/mol. The summed E-state index contributed by atoms with van der Waals surface area (Å²) in [6, 6.07) is 15.4. The smallest absolute Gasteiger partial charge is 0.217 e. The van der Waals surface area contributed by atoms with Gasteiger partial charge in [0.2, 0.25) is 5.91 Å². The molecule has 0 aliphatic heterocycles. The minimum atomic E-state index is -0.166. The van der Waals surface area contributed by atoms with Gasteiger partial charge in [0.15, 0.2) is 0 Å². The number of carbonyl (C=O) groups is 1. The number of fused-ring (bicyclic) bond motifs is 1. The number of hydrogen-bond donors (Lipinski definition) is 1. The van der Waals surface area contributed by atoms with Gasteiger partial charge < -0.3 is 19.2 Å². The third-order valence-electron chi connectivity index (χ3n) is 4.05. The number of benzene rings is 2. The van der Waals surface area contributed by atoms with Crippen LogP contribution < -0.4 is 14.8 Å². The van der Waals surface area contributed by atoms with Crippen LogP contribution in [0.4, 0.5) is 0 Å². The zero-order valence-electron chi connectivity index (χ0n) is 16.1. The summed E-state index contributed by atoms with van der Waals surface area (Å²) in [5, 5.41) is 3.83. The Labute approximate surface area is 159 Å². The van der Waals surface area contributed by atoms with Gasteiger partial charge in [-0.15, -0.1) is 0 Å². The number of nitrogens with one attached hydrogen (secondary N) is 1. The molecule has 0 fully saturated rings. The van der Waals surface area contributed by atoms with Crippen molar-refractivity contribution in [2.24, 2.45) is 0 Å². The molecule has 5 heteroatoms. The van der Waals surface area contributed by atoms with Gasteiger partial charge in [-0.2, -0.15) is 0 Å². The van der Waals surface area contributed by atoms with Gasteiger partial charge in [0, 0.05) is 12.3 Å². The lowest BCUT2D eigenvalue weighted by molar-refractivity contribution is -0.119. The van der Waals surface area contributed by atoms with E-state index in [-0.39, 0.29) is 18.1 Å². The first-order chi connectivity index (χ1) is 12.9. The van der Waals surface area contributed by atoms with Gasteiger partial charge in [-0.1, -0.05) is 12.1 Å². The molecule has 0 bridgehead atoms. The van der Waals surface area contributed by atoms with Gasteiger partial charge in [0.25, 0.3) is 0 Å². The van der Waals surface area contributed by atoms with E-state index >= 15 is 0 Å². The molecule has 0 spiro atoms. The molecule has 1 aromatic heterocycles. The first-order valence-corrected chi connectivity index (χ1v) is 9.09. The Morgan fingerprint density at radius 3 is 2.41 bits per heavy atom. The zero-order chi connectivity index (χ0) is 19.4. The first kappa shape index (κ1) is 18.8. The van der Waals surface area contributed by atoms with E-state index in [1.165, 1.54) is 6.92 Å². The standard InChI is InChI=1S/C22H25NO4/c1-14(2)26-20-9-7-19(8-10-20)25-13-17-5-6-18-12-21(27-22(18)11-17)15(3)23-16(4)24/h5-12,14-15H,13H2,1-4H3,(H,23,24). The number of hydrogen-bond acceptors (Lipinski definition) is 4. The summed E-state index contributed by atoms with van der Waals surface area (Å²) in [7, 11) is 0. The lowest BCUT2D eigenvalue weighted by Gasteiger charge is -2.11. The van der Waals surface area contributed by atoms with E-state index < -0.39 is 0 Å². The third kappa shape index (κ3) is 5.03. The van der Waals surface area contributed by atoms with Crippen molar-refractivity contribution >= 4 is 16.9 Å². The molecule has 0 aliphatic carbocycles. The number of carbonyl (C=O) groups excluding carboxylic acids is 1.